The van der Waals surface area contributed by atoms with E-state index in [4.69, 9.17) is 16.3 Å². The van der Waals surface area contributed by atoms with E-state index < -0.39 is 0 Å². The Balaban J connectivity index is 1.59. The van der Waals surface area contributed by atoms with Crippen molar-refractivity contribution in [3.8, 4) is 5.75 Å². The lowest BCUT2D eigenvalue weighted by Gasteiger charge is -2.09. The van der Waals surface area contributed by atoms with Crippen LogP contribution >= 0.6 is 11.6 Å². The number of nitrogens with zero attached hydrogens (tertiary/aromatic N) is 1. The van der Waals surface area contributed by atoms with Crippen LogP contribution in [0.25, 0.3) is 0 Å². The quantitative estimate of drug-likeness (QED) is 0.643. The van der Waals surface area contributed by atoms with Gasteiger partial charge in [-0.15, -0.1) is 0 Å². The fourth-order valence-electron chi connectivity index (χ4n) is 2.38. The predicted octanol–water partition coefficient (Wildman–Crippen LogP) is 4.75. The van der Waals surface area contributed by atoms with Crippen molar-refractivity contribution in [1.82, 2.24) is 4.98 Å². The van der Waals surface area contributed by atoms with Gasteiger partial charge in [-0.05, 0) is 48.0 Å². The van der Waals surface area contributed by atoms with Crippen LogP contribution in [0.4, 0.5) is 15.9 Å². The summed E-state index contributed by atoms with van der Waals surface area (Å²) in [7, 11) is 1.52. The molecule has 2 aromatic carbocycles. The molecule has 1 heterocycles. The molecule has 0 aliphatic rings. The summed E-state index contributed by atoms with van der Waals surface area (Å²) in [4.78, 5) is 16.5. The minimum Gasteiger partial charge on any atom is -0.495 e. The Morgan fingerprint density at radius 2 is 1.93 bits per heavy atom. The summed E-state index contributed by atoms with van der Waals surface area (Å²) in [6.07, 6.45) is 1.48. The second-order valence-electron chi connectivity index (χ2n) is 5.72. The molecule has 138 valence electrons. The highest BCUT2D eigenvalue weighted by molar-refractivity contribution is 6.32. The number of hydrogen-bond donors (Lipinski definition) is 2. The number of benzene rings is 2. The van der Waals surface area contributed by atoms with E-state index in [0.29, 0.717) is 34.4 Å². The summed E-state index contributed by atoms with van der Waals surface area (Å²) in [5.41, 5.74) is 1.90. The van der Waals surface area contributed by atoms with Gasteiger partial charge in [0.1, 0.15) is 17.4 Å². The molecule has 2 N–H and O–H groups in total. The third-order valence-electron chi connectivity index (χ3n) is 3.82. The SMILES string of the molecule is COc1ccc(NC(=O)c2ccc(NCc3ccc(F)cc3)nc2)cc1Cl. The first-order chi connectivity index (χ1) is 13.0. The van der Waals surface area contributed by atoms with Crippen LogP contribution in [0, 0.1) is 5.82 Å². The Labute approximate surface area is 161 Å². The number of pyridine rings is 1. The monoisotopic (exact) mass is 385 g/mol. The maximum atomic E-state index is 12.9. The van der Waals surface area contributed by atoms with Crippen LogP contribution in [-0.4, -0.2) is 18.0 Å². The third kappa shape index (κ3) is 4.95. The summed E-state index contributed by atoms with van der Waals surface area (Å²) in [6.45, 7) is 0.503. The van der Waals surface area contributed by atoms with Gasteiger partial charge < -0.3 is 15.4 Å². The van der Waals surface area contributed by atoms with Crippen LogP contribution in [0.5, 0.6) is 5.75 Å². The molecule has 0 atom stereocenters. The van der Waals surface area contributed by atoms with E-state index in [9.17, 15) is 9.18 Å². The molecule has 0 fully saturated rings. The van der Waals surface area contributed by atoms with Gasteiger partial charge >= 0.3 is 0 Å². The van der Waals surface area contributed by atoms with E-state index in [2.05, 4.69) is 15.6 Å². The average molecular weight is 386 g/mol. The maximum absolute atomic E-state index is 12.9. The molecule has 1 aromatic heterocycles. The molecule has 3 rings (SSSR count). The summed E-state index contributed by atoms with van der Waals surface area (Å²) in [5, 5.41) is 6.29. The van der Waals surface area contributed by atoms with E-state index in [1.165, 1.54) is 25.4 Å². The molecular weight excluding hydrogens is 369 g/mol. The van der Waals surface area contributed by atoms with Crippen LogP contribution in [0.15, 0.2) is 60.8 Å². The van der Waals surface area contributed by atoms with Crippen LogP contribution < -0.4 is 15.4 Å². The van der Waals surface area contributed by atoms with Gasteiger partial charge in [-0.25, -0.2) is 9.37 Å². The first kappa shape index (κ1) is 18.7. The molecule has 0 bridgehead atoms. The van der Waals surface area contributed by atoms with Crippen molar-refractivity contribution < 1.29 is 13.9 Å². The molecule has 0 aliphatic carbocycles. The van der Waals surface area contributed by atoms with E-state index >= 15 is 0 Å². The fourth-order valence-corrected chi connectivity index (χ4v) is 2.63. The maximum Gasteiger partial charge on any atom is 0.257 e. The number of anilines is 2. The number of rotatable bonds is 6. The average Bonchev–Trinajstić information content (AvgIpc) is 2.68. The molecule has 7 heteroatoms. The smallest absolute Gasteiger partial charge is 0.257 e. The number of ether oxygens (including phenoxy) is 1. The van der Waals surface area contributed by atoms with Crippen LogP contribution in [-0.2, 0) is 6.54 Å². The number of methoxy groups -OCH3 is 1. The van der Waals surface area contributed by atoms with Gasteiger partial charge in [0.15, 0.2) is 0 Å². The Bertz CT molecular complexity index is 931. The van der Waals surface area contributed by atoms with Crippen LogP contribution in [0.1, 0.15) is 15.9 Å². The Morgan fingerprint density at radius 1 is 1.15 bits per heavy atom. The lowest BCUT2D eigenvalue weighted by molar-refractivity contribution is 0.102. The van der Waals surface area contributed by atoms with Gasteiger partial charge in [0.05, 0.1) is 17.7 Å². The standard InChI is InChI=1S/C20H17ClFN3O2/c1-27-18-8-7-16(10-17(18)21)25-20(26)14-4-9-19(24-12-14)23-11-13-2-5-15(22)6-3-13/h2-10,12H,11H2,1H3,(H,23,24)(H,25,26). The first-order valence-electron chi connectivity index (χ1n) is 8.14. The van der Waals surface area contributed by atoms with E-state index in [1.54, 1.807) is 42.5 Å². The van der Waals surface area contributed by atoms with Crippen molar-refractivity contribution in [3.05, 3.63) is 82.8 Å². The molecule has 5 nitrogen and oxygen atoms in total. The van der Waals surface area contributed by atoms with Crippen molar-refractivity contribution >= 4 is 29.0 Å². The van der Waals surface area contributed by atoms with Gasteiger partial charge in [0, 0.05) is 18.4 Å². The van der Waals surface area contributed by atoms with Gasteiger partial charge in [-0.2, -0.15) is 0 Å². The molecular formula is C20H17ClFN3O2. The van der Waals surface area contributed by atoms with Gasteiger partial charge in [0.25, 0.3) is 5.91 Å². The number of hydrogen-bond acceptors (Lipinski definition) is 4. The largest absolute Gasteiger partial charge is 0.495 e. The lowest BCUT2D eigenvalue weighted by Crippen LogP contribution is -2.12. The second-order valence-corrected chi connectivity index (χ2v) is 6.12. The zero-order valence-electron chi connectivity index (χ0n) is 14.5. The van der Waals surface area contributed by atoms with Crippen molar-refractivity contribution in [1.29, 1.82) is 0 Å². The highest BCUT2D eigenvalue weighted by Crippen LogP contribution is 2.27. The molecule has 0 saturated heterocycles. The molecule has 3 aromatic rings. The lowest BCUT2D eigenvalue weighted by atomic mass is 10.2. The molecule has 0 radical (unpaired) electrons. The Hall–Kier alpha value is -3.12. The molecule has 27 heavy (non-hydrogen) atoms. The fraction of sp³-hybridized carbons (Fsp3) is 0.100. The summed E-state index contributed by atoms with van der Waals surface area (Å²) < 4.78 is 18.0. The normalized spacial score (nSPS) is 10.3. The third-order valence-corrected chi connectivity index (χ3v) is 4.12. The van der Waals surface area contributed by atoms with Gasteiger partial charge in [-0.3, -0.25) is 4.79 Å². The summed E-state index contributed by atoms with van der Waals surface area (Å²) >= 11 is 6.06. The van der Waals surface area contributed by atoms with E-state index in [-0.39, 0.29) is 11.7 Å². The predicted molar refractivity (Wildman–Crippen MR) is 104 cm³/mol. The van der Waals surface area contributed by atoms with Gasteiger partial charge in [-0.1, -0.05) is 23.7 Å². The number of halogens is 2. The Morgan fingerprint density at radius 3 is 2.56 bits per heavy atom. The molecule has 1 amide bonds. The minimum absolute atomic E-state index is 0.273. The zero-order valence-corrected chi connectivity index (χ0v) is 15.3. The molecule has 0 saturated carbocycles. The van der Waals surface area contributed by atoms with Crippen LogP contribution in [0.2, 0.25) is 5.02 Å². The van der Waals surface area contributed by atoms with Crippen molar-refractivity contribution in [3.63, 3.8) is 0 Å². The molecule has 0 spiro atoms. The summed E-state index contributed by atoms with van der Waals surface area (Å²) in [5.74, 6) is 0.579. The van der Waals surface area contributed by atoms with Crippen LogP contribution in [0.3, 0.4) is 0 Å². The summed E-state index contributed by atoms with van der Waals surface area (Å²) in [6, 6.07) is 14.6. The zero-order chi connectivity index (χ0) is 19.2. The molecule has 0 unspecified atom stereocenters. The van der Waals surface area contributed by atoms with Gasteiger partial charge in [0.2, 0.25) is 0 Å². The number of nitrogens with one attached hydrogen (secondary N) is 2. The van der Waals surface area contributed by atoms with E-state index in [1.807, 2.05) is 0 Å². The first-order valence-corrected chi connectivity index (χ1v) is 8.52. The highest BCUT2D eigenvalue weighted by Gasteiger charge is 2.09. The molecule has 0 aliphatic heterocycles. The van der Waals surface area contributed by atoms with Crippen molar-refractivity contribution in [2.75, 3.05) is 17.7 Å². The van der Waals surface area contributed by atoms with E-state index in [0.717, 1.165) is 5.56 Å². The van der Waals surface area contributed by atoms with Crippen molar-refractivity contribution in [2.24, 2.45) is 0 Å². The number of carbonyl (C=O) groups excluding carboxylic acids is 1. The number of aromatic nitrogens is 1. The topological polar surface area (TPSA) is 63.2 Å². The highest BCUT2D eigenvalue weighted by atomic mass is 35.5. The minimum atomic E-state index is -0.297. The Kier molecular flexibility index (Phi) is 5.88. The van der Waals surface area contributed by atoms with Crippen molar-refractivity contribution in [2.45, 2.75) is 6.54 Å². The number of carbonyl (C=O) groups is 1. The number of amides is 1. The second kappa shape index (κ2) is 8.51.